The molecule has 1 aromatic carbocycles. The Labute approximate surface area is 121 Å². The zero-order valence-corrected chi connectivity index (χ0v) is 12.0. The van der Waals surface area contributed by atoms with E-state index in [4.69, 9.17) is 5.73 Å². The summed E-state index contributed by atoms with van der Waals surface area (Å²) in [5, 5.41) is 0.687. The molecule has 5 nitrogen and oxygen atoms in total. The third-order valence-electron chi connectivity index (χ3n) is 3.26. The fourth-order valence-electron chi connectivity index (χ4n) is 2.14. The fourth-order valence-corrected chi connectivity index (χ4v) is 2.87. The van der Waals surface area contributed by atoms with E-state index < -0.39 is 6.04 Å². The fraction of sp³-hybridized carbons (Fsp3) is 0.214. The number of hydrogen-bond acceptors (Lipinski definition) is 5. The number of carbonyl (C=O) groups is 1. The summed E-state index contributed by atoms with van der Waals surface area (Å²) in [5.74, 6) is -0.0752. The molecule has 3 rings (SSSR count). The number of carbonyl (C=O) groups excluding carboxylic acids is 1. The highest BCUT2D eigenvalue weighted by molar-refractivity contribution is 7.99. The summed E-state index contributed by atoms with van der Waals surface area (Å²) >= 11 is 1.47. The van der Waals surface area contributed by atoms with E-state index >= 15 is 0 Å². The zero-order chi connectivity index (χ0) is 14.3. The number of rotatable bonds is 2. The second kappa shape index (κ2) is 4.88. The lowest BCUT2D eigenvalue weighted by atomic mass is 10.1. The minimum absolute atomic E-state index is 0.0752. The van der Waals surface area contributed by atoms with Gasteiger partial charge in [-0.05, 0) is 36.4 Å². The molecule has 2 N–H and O–H groups in total. The average Bonchev–Trinajstić information content (AvgIpc) is 2.66. The number of amides is 1. The first-order chi connectivity index (χ1) is 9.56. The standard InChI is InChI=1S/C14H14N4OS/c1-8-6-16-14(17-7-8)20-9-3-4-10-11(5-9)18(2)13(19)12(10)15/h3-7,12H,15H2,1-2H3. The lowest BCUT2D eigenvalue weighted by molar-refractivity contribution is -0.118. The molecule has 0 bridgehead atoms. The van der Waals surface area contributed by atoms with E-state index in [0.717, 1.165) is 21.7 Å². The van der Waals surface area contributed by atoms with Gasteiger partial charge in [0, 0.05) is 35.6 Å². The van der Waals surface area contributed by atoms with Crippen molar-refractivity contribution in [3.8, 4) is 0 Å². The Bertz CT molecular complexity index is 671. The molecule has 2 heterocycles. The molecule has 20 heavy (non-hydrogen) atoms. The molecule has 2 aromatic rings. The molecule has 0 spiro atoms. The van der Waals surface area contributed by atoms with Crippen molar-refractivity contribution in [1.29, 1.82) is 0 Å². The molecular formula is C14H14N4OS. The Morgan fingerprint density at radius 3 is 2.70 bits per heavy atom. The third kappa shape index (κ3) is 2.17. The summed E-state index contributed by atoms with van der Waals surface area (Å²) < 4.78 is 0. The van der Waals surface area contributed by atoms with E-state index in [1.807, 2.05) is 25.1 Å². The van der Waals surface area contributed by atoms with Gasteiger partial charge in [-0.2, -0.15) is 0 Å². The summed E-state index contributed by atoms with van der Waals surface area (Å²) in [6.07, 6.45) is 3.57. The summed E-state index contributed by atoms with van der Waals surface area (Å²) in [6.45, 7) is 1.95. The van der Waals surface area contributed by atoms with Gasteiger partial charge < -0.3 is 10.6 Å². The summed E-state index contributed by atoms with van der Waals surface area (Å²) in [7, 11) is 1.74. The van der Waals surface area contributed by atoms with Gasteiger partial charge >= 0.3 is 0 Å². The molecule has 1 amide bonds. The van der Waals surface area contributed by atoms with Crippen LogP contribution in [0.5, 0.6) is 0 Å². The van der Waals surface area contributed by atoms with Crippen LogP contribution >= 0.6 is 11.8 Å². The van der Waals surface area contributed by atoms with Gasteiger partial charge in [-0.25, -0.2) is 9.97 Å². The second-order valence-electron chi connectivity index (χ2n) is 4.74. The van der Waals surface area contributed by atoms with Crippen LogP contribution in [0.4, 0.5) is 5.69 Å². The number of benzene rings is 1. The molecule has 1 aliphatic heterocycles. The van der Waals surface area contributed by atoms with Gasteiger partial charge in [-0.15, -0.1) is 0 Å². The zero-order valence-electron chi connectivity index (χ0n) is 11.2. The predicted octanol–water partition coefficient (Wildman–Crippen LogP) is 1.91. The molecule has 1 aromatic heterocycles. The summed E-state index contributed by atoms with van der Waals surface area (Å²) in [4.78, 5) is 22.9. The van der Waals surface area contributed by atoms with E-state index in [2.05, 4.69) is 9.97 Å². The first-order valence-electron chi connectivity index (χ1n) is 6.20. The maximum atomic E-state index is 11.8. The van der Waals surface area contributed by atoms with Crippen molar-refractivity contribution in [3.05, 3.63) is 41.7 Å². The quantitative estimate of drug-likeness (QED) is 0.854. The average molecular weight is 286 g/mol. The molecule has 1 atom stereocenters. The van der Waals surface area contributed by atoms with Gasteiger partial charge in [-0.3, -0.25) is 4.79 Å². The number of hydrogen-bond donors (Lipinski definition) is 1. The van der Waals surface area contributed by atoms with Crippen LogP contribution in [-0.4, -0.2) is 22.9 Å². The predicted molar refractivity (Wildman–Crippen MR) is 77.7 cm³/mol. The lowest BCUT2D eigenvalue weighted by Crippen LogP contribution is -2.27. The van der Waals surface area contributed by atoms with Crippen LogP contribution in [0.3, 0.4) is 0 Å². The lowest BCUT2D eigenvalue weighted by Gasteiger charge is -2.10. The van der Waals surface area contributed by atoms with Gasteiger partial charge in [-0.1, -0.05) is 6.07 Å². The van der Waals surface area contributed by atoms with E-state index in [1.54, 1.807) is 24.3 Å². The minimum Gasteiger partial charge on any atom is -0.316 e. The Morgan fingerprint density at radius 2 is 2.00 bits per heavy atom. The van der Waals surface area contributed by atoms with E-state index in [0.29, 0.717) is 5.16 Å². The van der Waals surface area contributed by atoms with Crippen molar-refractivity contribution >= 4 is 23.4 Å². The van der Waals surface area contributed by atoms with E-state index in [-0.39, 0.29) is 5.91 Å². The van der Waals surface area contributed by atoms with E-state index in [1.165, 1.54) is 11.8 Å². The highest BCUT2D eigenvalue weighted by atomic mass is 32.2. The molecule has 0 saturated heterocycles. The van der Waals surface area contributed by atoms with Crippen LogP contribution < -0.4 is 10.6 Å². The van der Waals surface area contributed by atoms with Crippen molar-refractivity contribution in [2.75, 3.05) is 11.9 Å². The Morgan fingerprint density at radius 1 is 1.30 bits per heavy atom. The van der Waals surface area contributed by atoms with Crippen molar-refractivity contribution < 1.29 is 4.79 Å². The molecular weight excluding hydrogens is 272 g/mol. The monoisotopic (exact) mass is 286 g/mol. The van der Waals surface area contributed by atoms with Gasteiger partial charge in [0.2, 0.25) is 5.91 Å². The molecule has 0 radical (unpaired) electrons. The number of aromatic nitrogens is 2. The molecule has 1 aliphatic rings. The minimum atomic E-state index is -0.551. The molecule has 0 aliphatic carbocycles. The van der Waals surface area contributed by atoms with Crippen molar-refractivity contribution in [1.82, 2.24) is 9.97 Å². The molecule has 6 heteroatoms. The molecule has 0 fully saturated rings. The van der Waals surface area contributed by atoms with E-state index in [9.17, 15) is 4.79 Å². The van der Waals surface area contributed by atoms with Gasteiger partial charge in [0.25, 0.3) is 0 Å². The first-order valence-corrected chi connectivity index (χ1v) is 7.01. The van der Waals surface area contributed by atoms with Crippen molar-refractivity contribution in [3.63, 3.8) is 0 Å². The van der Waals surface area contributed by atoms with Crippen LogP contribution in [-0.2, 0) is 4.79 Å². The summed E-state index contributed by atoms with van der Waals surface area (Å²) in [5.41, 5.74) is 8.63. The van der Waals surface area contributed by atoms with Gasteiger partial charge in [0.05, 0.1) is 0 Å². The van der Waals surface area contributed by atoms with Crippen LogP contribution in [0, 0.1) is 6.92 Å². The molecule has 1 unspecified atom stereocenters. The number of anilines is 1. The number of fused-ring (bicyclic) bond motifs is 1. The van der Waals surface area contributed by atoms with Crippen molar-refractivity contribution in [2.24, 2.45) is 5.73 Å². The number of nitrogens with two attached hydrogens (primary N) is 1. The molecule has 0 saturated carbocycles. The number of likely N-dealkylation sites (N-methyl/N-ethyl adjacent to an activating group) is 1. The van der Waals surface area contributed by atoms with Crippen LogP contribution in [0.1, 0.15) is 17.2 Å². The largest absolute Gasteiger partial charge is 0.316 e. The van der Waals surface area contributed by atoms with Crippen LogP contribution in [0.15, 0.2) is 40.6 Å². The maximum absolute atomic E-state index is 11.8. The van der Waals surface area contributed by atoms with Crippen LogP contribution in [0.2, 0.25) is 0 Å². The highest BCUT2D eigenvalue weighted by Crippen LogP contribution is 2.37. The second-order valence-corrected chi connectivity index (χ2v) is 5.78. The number of aryl methyl sites for hydroxylation is 1. The highest BCUT2D eigenvalue weighted by Gasteiger charge is 2.32. The third-order valence-corrected chi connectivity index (χ3v) is 4.14. The van der Waals surface area contributed by atoms with Crippen LogP contribution in [0.25, 0.3) is 0 Å². The van der Waals surface area contributed by atoms with Crippen molar-refractivity contribution in [2.45, 2.75) is 23.0 Å². The Balaban J connectivity index is 1.90. The first kappa shape index (κ1) is 13.1. The molecule has 102 valence electrons. The maximum Gasteiger partial charge on any atom is 0.248 e. The number of nitrogens with zero attached hydrogens (tertiary/aromatic N) is 3. The van der Waals surface area contributed by atoms with Gasteiger partial charge in [0.15, 0.2) is 5.16 Å². The SMILES string of the molecule is Cc1cnc(Sc2ccc3c(c2)N(C)C(=O)C3N)nc1. The Kier molecular flexibility index (Phi) is 3.19. The Hall–Kier alpha value is -1.92. The smallest absolute Gasteiger partial charge is 0.248 e. The van der Waals surface area contributed by atoms with Gasteiger partial charge in [0.1, 0.15) is 6.04 Å². The normalized spacial score (nSPS) is 17.4. The summed E-state index contributed by atoms with van der Waals surface area (Å²) in [6, 6.07) is 5.25. The topological polar surface area (TPSA) is 72.1 Å².